The highest BCUT2D eigenvalue weighted by Gasteiger charge is 2.35. The summed E-state index contributed by atoms with van der Waals surface area (Å²) in [5, 5.41) is 9.27. The first-order chi connectivity index (χ1) is 17.8. The molecular weight excluding hydrogens is 512 g/mol. The lowest BCUT2D eigenvalue weighted by molar-refractivity contribution is -0.139. The predicted molar refractivity (Wildman–Crippen MR) is 146 cm³/mol. The molecular formula is C27H31ClN4O4S. The number of fused-ring (bicyclic) bond motifs is 1. The van der Waals surface area contributed by atoms with Crippen LogP contribution in [0, 0.1) is 0 Å². The summed E-state index contributed by atoms with van der Waals surface area (Å²) in [4.78, 5) is 17.8. The van der Waals surface area contributed by atoms with E-state index >= 15 is 0 Å². The van der Waals surface area contributed by atoms with Crippen molar-refractivity contribution in [1.82, 2.24) is 14.8 Å². The third-order valence-electron chi connectivity index (χ3n) is 5.59. The Balaban J connectivity index is 1.75. The Morgan fingerprint density at radius 3 is 2.65 bits per heavy atom. The number of hydrogen-bond donors (Lipinski definition) is 1. The van der Waals surface area contributed by atoms with E-state index in [0.29, 0.717) is 51.3 Å². The summed E-state index contributed by atoms with van der Waals surface area (Å²) in [5.41, 5.74) is 2.92. The van der Waals surface area contributed by atoms with Gasteiger partial charge in [0.05, 0.1) is 24.9 Å². The van der Waals surface area contributed by atoms with Crippen molar-refractivity contribution in [3.05, 3.63) is 69.9 Å². The van der Waals surface area contributed by atoms with Gasteiger partial charge in [-0.05, 0) is 63.9 Å². The molecule has 0 saturated heterocycles. The Hall–Kier alpha value is -3.17. The number of halogens is 1. The minimum atomic E-state index is -0.565. The van der Waals surface area contributed by atoms with Gasteiger partial charge in [0.25, 0.3) is 0 Å². The summed E-state index contributed by atoms with van der Waals surface area (Å²) in [5.74, 6) is 1.98. The van der Waals surface area contributed by atoms with Crippen molar-refractivity contribution >= 4 is 35.3 Å². The molecule has 1 aliphatic rings. The Bertz CT molecular complexity index is 1310. The molecule has 0 fully saturated rings. The molecule has 2 heterocycles. The average Bonchev–Trinajstić information content (AvgIpc) is 3.26. The third-order valence-corrected chi connectivity index (χ3v) is 6.84. The smallest absolute Gasteiger partial charge is 0.338 e. The number of carbonyl (C=O) groups excluding carboxylic acids is 1. The number of allylic oxidation sites excluding steroid dienone is 1. The molecule has 1 unspecified atom stereocenters. The van der Waals surface area contributed by atoms with Crippen LogP contribution in [0.2, 0.25) is 5.02 Å². The third kappa shape index (κ3) is 6.05. The zero-order valence-corrected chi connectivity index (χ0v) is 23.2. The van der Waals surface area contributed by atoms with E-state index in [1.165, 1.54) is 11.8 Å². The van der Waals surface area contributed by atoms with Crippen LogP contribution in [0.15, 0.2) is 58.9 Å². The molecule has 10 heteroatoms. The second-order valence-electron chi connectivity index (χ2n) is 8.64. The number of hydrogen-bond acceptors (Lipinski definition) is 8. The number of aromatic nitrogens is 3. The fraction of sp³-hybridized carbons (Fsp3) is 0.370. The lowest BCUT2D eigenvalue weighted by Gasteiger charge is -2.28. The van der Waals surface area contributed by atoms with Gasteiger partial charge in [-0.15, -0.1) is 5.10 Å². The molecule has 0 amide bonds. The van der Waals surface area contributed by atoms with Gasteiger partial charge in [-0.3, -0.25) is 0 Å². The quantitative estimate of drug-likeness (QED) is 0.237. The van der Waals surface area contributed by atoms with Gasteiger partial charge < -0.3 is 19.5 Å². The van der Waals surface area contributed by atoms with Gasteiger partial charge in [0, 0.05) is 16.5 Å². The summed E-state index contributed by atoms with van der Waals surface area (Å²) < 4.78 is 19.0. The normalized spacial score (nSPS) is 14.8. The molecule has 0 radical (unpaired) electrons. The monoisotopic (exact) mass is 542 g/mol. The molecule has 0 spiro atoms. The molecule has 0 bridgehead atoms. The van der Waals surface area contributed by atoms with Crippen molar-refractivity contribution in [1.29, 1.82) is 0 Å². The van der Waals surface area contributed by atoms with E-state index in [9.17, 15) is 4.79 Å². The van der Waals surface area contributed by atoms with E-state index in [4.69, 9.17) is 35.9 Å². The van der Waals surface area contributed by atoms with Crippen molar-refractivity contribution < 1.29 is 19.0 Å². The molecule has 196 valence electrons. The Kier molecular flexibility index (Phi) is 8.66. The largest absolute Gasteiger partial charge is 0.490 e. The SMILES string of the molecule is CCOC(=O)C1=C(C)Nc2nc(SCc3ccccc3Cl)nn2C1c1ccc(OC(C)C)c(OCC)c1. The fourth-order valence-electron chi connectivity index (χ4n) is 4.05. The molecule has 1 N–H and O–H groups in total. The summed E-state index contributed by atoms with van der Waals surface area (Å²) in [7, 11) is 0. The number of carbonyl (C=O) groups is 1. The maximum absolute atomic E-state index is 13.1. The van der Waals surface area contributed by atoms with Crippen LogP contribution in [-0.2, 0) is 15.3 Å². The van der Waals surface area contributed by atoms with Crippen molar-refractivity contribution in [3.8, 4) is 11.5 Å². The number of nitrogens with one attached hydrogen (secondary N) is 1. The number of benzene rings is 2. The molecule has 4 rings (SSSR count). The van der Waals surface area contributed by atoms with Crippen LogP contribution < -0.4 is 14.8 Å². The van der Waals surface area contributed by atoms with Crippen LogP contribution in [0.25, 0.3) is 0 Å². The van der Waals surface area contributed by atoms with Crippen LogP contribution in [0.4, 0.5) is 5.95 Å². The maximum atomic E-state index is 13.1. The first kappa shape index (κ1) is 26.9. The lowest BCUT2D eigenvalue weighted by atomic mass is 9.95. The Morgan fingerprint density at radius 1 is 1.16 bits per heavy atom. The summed E-state index contributed by atoms with van der Waals surface area (Å²) in [6.45, 7) is 10.2. The topological polar surface area (TPSA) is 87.5 Å². The lowest BCUT2D eigenvalue weighted by Crippen LogP contribution is -2.29. The number of ether oxygens (including phenoxy) is 3. The highest BCUT2D eigenvalue weighted by Crippen LogP contribution is 2.40. The van der Waals surface area contributed by atoms with Crippen molar-refractivity contribution in [2.24, 2.45) is 0 Å². The molecule has 3 aromatic rings. The number of anilines is 1. The molecule has 1 aromatic heterocycles. The van der Waals surface area contributed by atoms with Crippen molar-refractivity contribution in [2.45, 2.75) is 57.7 Å². The van der Waals surface area contributed by atoms with Crippen LogP contribution in [0.5, 0.6) is 11.5 Å². The van der Waals surface area contributed by atoms with E-state index < -0.39 is 12.0 Å². The highest BCUT2D eigenvalue weighted by atomic mass is 35.5. The number of thioether (sulfide) groups is 1. The number of rotatable bonds is 10. The number of esters is 1. The molecule has 1 aliphatic heterocycles. The van der Waals surface area contributed by atoms with E-state index in [1.807, 2.05) is 70.2 Å². The molecule has 1 atom stereocenters. The van der Waals surface area contributed by atoms with Gasteiger partial charge in [0.15, 0.2) is 11.5 Å². The fourth-order valence-corrected chi connectivity index (χ4v) is 5.16. The van der Waals surface area contributed by atoms with Gasteiger partial charge in [0.2, 0.25) is 11.1 Å². The summed E-state index contributed by atoms with van der Waals surface area (Å²) >= 11 is 7.80. The minimum Gasteiger partial charge on any atom is -0.490 e. The molecule has 0 saturated carbocycles. The highest BCUT2D eigenvalue weighted by molar-refractivity contribution is 7.98. The second-order valence-corrected chi connectivity index (χ2v) is 9.98. The van der Waals surface area contributed by atoms with Crippen LogP contribution in [0.1, 0.15) is 51.8 Å². The first-order valence-electron chi connectivity index (χ1n) is 12.2. The zero-order valence-electron chi connectivity index (χ0n) is 21.6. The predicted octanol–water partition coefficient (Wildman–Crippen LogP) is 6.26. The van der Waals surface area contributed by atoms with Gasteiger partial charge in [-0.2, -0.15) is 4.98 Å². The molecule has 8 nitrogen and oxygen atoms in total. The summed E-state index contributed by atoms with van der Waals surface area (Å²) in [6, 6.07) is 12.8. The van der Waals surface area contributed by atoms with Crippen molar-refractivity contribution in [2.75, 3.05) is 18.5 Å². The van der Waals surface area contributed by atoms with Crippen LogP contribution in [-0.4, -0.2) is 40.1 Å². The first-order valence-corrected chi connectivity index (χ1v) is 13.6. The average molecular weight is 543 g/mol. The second kappa shape index (κ2) is 11.9. The van der Waals surface area contributed by atoms with E-state index in [0.717, 1.165) is 11.1 Å². The standard InChI is InChI=1S/C27H31ClN4O4S/c1-6-34-22-14-18(12-13-21(22)36-16(3)4)24-23(25(33)35-7-2)17(5)29-26-30-27(31-32(24)26)37-15-19-10-8-9-11-20(19)28/h8-14,16,24H,6-7,15H2,1-5H3,(H,29,30,31). The van der Waals surface area contributed by atoms with Crippen molar-refractivity contribution in [3.63, 3.8) is 0 Å². The van der Waals surface area contributed by atoms with Crippen LogP contribution in [0.3, 0.4) is 0 Å². The van der Waals surface area contributed by atoms with Gasteiger partial charge in [0.1, 0.15) is 6.04 Å². The van der Waals surface area contributed by atoms with E-state index in [-0.39, 0.29) is 12.7 Å². The van der Waals surface area contributed by atoms with E-state index in [1.54, 1.807) is 11.6 Å². The van der Waals surface area contributed by atoms with Gasteiger partial charge in [-0.25, -0.2) is 9.48 Å². The minimum absolute atomic E-state index is 0.0132. The zero-order chi connectivity index (χ0) is 26.5. The molecule has 0 aliphatic carbocycles. The molecule has 37 heavy (non-hydrogen) atoms. The Labute approximate surface area is 226 Å². The van der Waals surface area contributed by atoms with Crippen LogP contribution >= 0.6 is 23.4 Å². The molecule has 2 aromatic carbocycles. The van der Waals surface area contributed by atoms with Gasteiger partial charge >= 0.3 is 5.97 Å². The Morgan fingerprint density at radius 2 is 1.95 bits per heavy atom. The van der Waals surface area contributed by atoms with Gasteiger partial charge in [-0.1, -0.05) is 47.6 Å². The number of nitrogens with zero attached hydrogens (tertiary/aromatic N) is 3. The maximum Gasteiger partial charge on any atom is 0.338 e. The summed E-state index contributed by atoms with van der Waals surface area (Å²) in [6.07, 6.45) is -0.0132. The van der Waals surface area contributed by atoms with E-state index in [2.05, 4.69) is 5.32 Å².